The van der Waals surface area contributed by atoms with Crippen LogP contribution in [0.25, 0.3) is 0 Å². The van der Waals surface area contributed by atoms with Crippen LogP contribution >= 0.6 is 0 Å². The van der Waals surface area contributed by atoms with Crippen LogP contribution in [0.1, 0.15) is 36.7 Å². The van der Waals surface area contributed by atoms with Crippen LogP contribution in [0.3, 0.4) is 0 Å². The van der Waals surface area contributed by atoms with E-state index in [1.54, 1.807) is 12.1 Å². The molecule has 0 unspecified atom stereocenters. The summed E-state index contributed by atoms with van der Waals surface area (Å²) in [5, 5.41) is 8.76. The summed E-state index contributed by atoms with van der Waals surface area (Å²) in [5.74, 6) is 0.481. The molecule has 1 aromatic rings. The number of allylic oxidation sites excluding steroid dienone is 1. The quantitative estimate of drug-likeness (QED) is 0.598. The summed E-state index contributed by atoms with van der Waals surface area (Å²) < 4.78 is 11.5. The molecule has 0 aliphatic carbocycles. The van der Waals surface area contributed by atoms with Crippen molar-refractivity contribution in [3.8, 4) is 6.07 Å². The minimum atomic E-state index is -0.289. The van der Waals surface area contributed by atoms with Crippen LogP contribution in [0.5, 0.6) is 0 Å². The van der Waals surface area contributed by atoms with E-state index in [0.717, 1.165) is 38.0 Å². The fourth-order valence-electron chi connectivity index (χ4n) is 2.17. The van der Waals surface area contributed by atoms with Gasteiger partial charge in [0, 0.05) is 11.5 Å². The minimum Gasteiger partial charge on any atom is -0.348 e. The summed E-state index contributed by atoms with van der Waals surface area (Å²) in [5.41, 5.74) is 1.63. The Hall–Kier alpha value is -1.63. The van der Waals surface area contributed by atoms with Crippen LogP contribution in [-0.4, -0.2) is 13.2 Å². The van der Waals surface area contributed by atoms with Gasteiger partial charge in [-0.05, 0) is 31.4 Å². The Bertz CT molecular complexity index is 439. The molecular formula is C16H19NO2. The molecule has 1 aromatic carbocycles. The molecule has 1 saturated heterocycles. The molecule has 3 nitrogen and oxygen atoms in total. The first-order valence-corrected chi connectivity index (χ1v) is 6.67. The first kappa shape index (κ1) is 13.8. The van der Waals surface area contributed by atoms with E-state index in [1.165, 1.54) is 0 Å². The molecule has 1 aliphatic heterocycles. The smallest absolute Gasteiger partial charge is 0.183 e. The Labute approximate surface area is 114 Å². The van der Waals surface area contributed by atoms with Gasteiger partial charge in [0.15, 0.2) is 6.29 Å². The molecule has 19 heavy (non-hydrogen) atoms. The van der Waals surface area contributed by atoms with E-state index in [4.69, 9.17) is 14.7 Å². The van der Waals surface area contributed by atoms with Crippen molar-refractivity contribution in [3.63, 3.8) is 0 Å². The highest BCUT2D eigenvalue weighted by Crippen LogP contribution is 2.27. The first-order valence-electron chi connectivity index (χ1n) is 6.67. The molecule has 1 aliphatic rings. The largest absolute Gasteiger partial charge is 0.348 e. The summed E-state index contributed by atoms with van der Waals surface area (Å²) in [6.45, 7) is 5.20. The van der Waals surface area contributed by atoms with Crippen LogP contribution in [0, 0.1) is 17.2 Å². The van der Waals surface area contributed by atoms with Crippen molar-refractivity contribution >= 4 is 0 Å². The highest BCUT2D eigenvalue weighted by atomic mass is 16.7. The van der Waals surface area contributed by atoms with Crippen molar-refractivity contribution in [1.29, 1.82) is 5.26 Å². The number of unbranched alkanes of at least 4 members (excludes halogenated alkanes) is 1. The molecular weight excluding hydrogens is 238 g/mol. The van der Waals surface area contributed by atoms with Gasteiger partial charge < -0.3 is 9.47 Å². The van der Waals surface area contributed by atoms with Gasteiger partial charge in [-0.25, -0.2) is 0 Å². The molecule has 0 saturated carbocycles. The topological polar surface area (TPSA) is 42.2 Å². The molecule has 0 N–H and O–H groups in total. The third-order valence-corrected chi connectivity index (χ3v) is 3.30. The molecule has 3 heteroatoms. The standard InChI is InChI=1S/C16H19NO2/c1-2-3-4-5-14-11-18-16(19-12-14)15-8-6-13(10-17)7-9-15/h2,6-9,14,16H,1,3-5,11-12H2/t14-,16-. The summed E-state index contributed by atoms with van der Waals surface area (Å²) in [6.07, 6.45) is 4.97. The van der Waals surface area contributed by atoms with Gasteiger partial charge in [0.2, 0.25) is 0 Å². The predicted molar refractivity (Wildman–Crippen MR) is 73.3 cm³/mol. The maximum Gasteiger partial charge on any atom is 0.183 e. The van der Waals surface area contributed by atoms with E-state index in [0.29, 0.717) is 11.5 Å². The second-order valence-electron chi connectivity index (χ2n) is 4.82. The van der Waals surface area contributed by atoms with Crippen LogP contribution in [0.4, 0.5) is 0 Å². The number of benzene rings is 1. The molecule has 1 fully saturated rings. The summed E-state index contributed by atoms with van der Waals surface area (Å²) in [4.78, 5) is 0. The number of hydrogen-bond acceptors (Lipinski definition) is 3. The van der Waals surface area contributed by atoms with Crippen molar-refractivity contribution < 1.29 is 9.47 Å². The molecule has 0 radical (unpaired) electrons. The van der Waals surface area contributed by atoms with E-state index in [-0.39, 0.29) is 6.29 Å². The van der Waals surface area contributed by atoms with Crippen LogP contribution in [0.15, 0.2) is 36.9 Å². The maximum absolute atomic E-state index is 8.76. The summed E-state index contributed by atoms with van der Waals surface area (Å²) >= 11 is 0. The van der Waals surface area contributed by atoms with Crippen LogP contribution < -0.4 is 0 Å². The van der Waals surface area contributed by atoms with Gasteiger partial charge in [-0.2, -0.15) is 5.26 Å². The van der Waals surface area contributed by atoms with Crippen molar-refractivity contribution in [2.45, 2.75) is 25.6 Å². The van der Waals surface area contributed by atoms with E-state index in [2.05, 4.69) is 12.6 Å². The zero-order valence-electron chi connectivity index (χ0n) is 11.0. The Morgan fingerprint density at radius 3 is 2.53 bits per heavy atom. The molecule has 0 spiro atoms. The van der Waals surface area contributed by atoms with Crippen molar-refractivity contribution in [3.05, 3.63) is 48.0 Å². The van der Waals surface area contributed by atoms with Crippen LogP contribution in [0.2, 0.25) is 0 Å². The number of nitrogens with zero attached hydrogens (tertiary/aromatic N) is 1. The lowest BCUT2D eigenvalue weighted by molar-refractivity contribution is -0.206. The molecule has 1 heterocycles. The Balaban J connectivity index is 1.82. The molecule has 0 amide bonds. The lowest BCUT2D eigenvalue weighted by atomic mass is 10.0. The second kappa shape index (κ2) is 7.08. The van der Waals surface area contributed by atoms with E-state index >= 15 is 0 Å². The second-order valence-corrected chi connectivity index (χ2v) is 4.82. The van der Waals surface area contributed by atoms with Gasteiger partial charge in [0.05, 0.1) is 24.8 Å². The molecule has 0 atom stereocenters. The Morgan fingerprint density at radius 2 is 1.95 bits per heavy atom. The van der Waals surface area contributed by atoms with E-state index in [9.17, 15) is 0 Å². The van der Waals surface area contributed by atoms with Gasteiger partial charge in [0.1, 0.15) is 0 Å². The van der Waals surface area contributed by atoms with Crippen molar-refractivity contribution in [2.75, 3.05) is 13.2 Å². The zero-order chi connectivity index (χ0) is 13.5. The Kier molecular flexibility index (Phi) is 5.14. The predicted octanol–water partition coefficient (Wildman–Crippen LogP) is 3.58. The van der Waals surface area contributed by atoms with Gasteiger partial charge in [-0.1, -0.05) is 18.2 Å². The molecule has 0 bridgehead atoms. The monoisotopic (exact) mass is 257 g/mol. The lowest BCUT2D eigenvalue weighted by Crippen LogP contribution is -2.27. The average Bonchev–Trinajstić information content (AvgIpc) is 2.48. The summed E-state index contributed by atoms with van der Waals surface area (Å²) in [6, 6.07) is 9.46. The molecule has 2 rings (SSSR count). The number of rotatable bonds is 5. The van der Waals surface area contributed by atoms with Gasteiger partial charge in [-0.3, -0.25) is 0 Å². The van der Waals surface area contributed by atoms with Crippen molar-refractivity contribution in [2.24, 2.45) is 5.92 Å². The van der Waals surface area contributed by atoms with Crippen LogP contribution in [-0.2, 0) is 9.47 Å². The SMILES string of the molecule is C=CCCC[C@H]1CO[C@H](c2ccc(C#N)cc2)OC1. The van der Waals surface area contributed by atoms with Gasteiger partial charge in [0.25, 0.3) is 0 Å². The molecule has 100 valence electrons. The fourth-order valence-corrected chi connectivity index (χ4v) is 2.17. The number of hydrogen-bond donors (Lipinski definition) is 0. The first-order chi connectivity index (χ1) is 9.33. The van der Waals surface area contributed by atoms with Gasteiger partial charge >= 0.3 is 0 Å². The highest BCUT2D eigenvalue weighted by Gasteiger charge is 2.22. The highest BCUT2D eigenvalue weighted by molar-refractivity contribution is 5.32. The van der Waals surface area contributed by atoms with Gasteiger partial charge in [-0.15, -0.1) is 6.58 Å². The zero-order valence-corrected chi connectivity index (χ0v) is 11.0. The minimum absolute atomic E-state index is 0.289. The number of ether oxygens (including phenoxy) is 2. The van der Waals surface area contributed by atoms with Crippen molar-refractivity contribution in [1.82, 2.24) is 0 Å². The summed E-state index contributed by atoms with van der Waals surface area (Å²) in [7, 11) is 0. The fraction of sp³-hybridized carbons (Fsp3) is 0.438. The number of nitriles is 1. The van der Waals surface area contributed by atoms with E-state index < -0.39 is 0 Å². The van der Waals surface area contributed by atoms with E-state index in [1.807, 2.05) is 18.2 Å². The normalized spacial score (nSPS) is 22.7. The third-order valence-electron chi connectivity index (χ3n) is 3.30. The Morgan fingerprint density at radius 1 is 1.26 bits per heavy atom. The maximum atomic E-state index is 8.76. The average molecular weight is 257 g/mol. The molecule has 0 aromatic heterocycles. The lowest BCUT2D eigenvalue weighted by Gasteiger charge is -2.29. The third kappa shape index (κ3) is 3.92.